The minimum absolute atomic E-state index is 0.0833. The SMILES string of the molecule is CCC(C)C(NC(=O)C(Cc1ccc(O)cc1)NC(=O)C1CCCN1)C(=O)NC(C)C(=O)O. The normalized spacial score (nSPS) is 19.1. The molecule has 3 amide bonds. The van der Waals surface area contributed by atoms with Gasteiger partial charge in [-0.2, -0.15) is 0 Å². The van der Waals surface area contributed by atoms with Crippen LogP contribution in [0.3, 0.4) is 0 Å². The highest BCUT2D eigenvalue weighted by atomic mass is 16.4. The van der Waals surface area contributed by atoms with Crippen LogP contribution in [-0.2, 0) is 25.6 Å². The smallest absolute Gasteiger partial charge is 0.325 e. The molecule has 1 aromatic carbocycles. The monoisotopic (exact) mass is 462 g/mol. The van der Waals surface area contributed by atoms with E-state index in [0.717, 1.165) is 18.5 Å². The van der Waals surface area contributed by atoms with Gasteiger partial charge in [-0.1, -0.05) is 32.4 Å². The van der Waals surface area contributed by atoms with Gasteiger partial charge in [0, 0.05) is 6.42 Å². The lowest BCUT2D eigenvalue weighted by Crippen LogP contribution is -2.58. The van der Waals surface area contributed by atoms with Gasteiger partial charge in [-0.15, -0.1) is 0 Å². The van der Waals surface area contributed by atoms with Crippen LogP contribution in [0.2, 0.25) is 0 Å². The van der Waals surface area contributed by atoms with Crippen LogP contribution in [0.1, 0.15) is 45.6 Å². The Hall–Kier alpha value is -3.14. The molecular formula is C23H34N4O6. The molecule has 0 aliphatic carbocycles. The second-order valence-electron chi connectivity index (χ2n) is 8.52. The molecule has 10 heteroatoms. The third kappa shape index (κ3) is 7.74. The van der Waals surface area contributed by atoms with Gasteiger partial charge in [-0.3, -0.25) is 19.2 Å². The maximum atomic E-state index is 13.2. The first-order chi connectivity index (χ1) is 15.6. The van der Waals surface area contributed by atoms with E-state index in [-0.39, 0.29) is 30.0 Å². The van der Waals surface area contributed by atoms with Gasteiger partial charge in [0.05, 0.1) is 6.04 Å². The molecular weight excluding hydrogens is 428 g/mol. The number of carboxylic acids is 1. The first-order valence-electron chi connectivity index (χ1n) is 11.3. The van der Waals surface area contributed by atoms with E-state index < -0.39 is 35.9 Å². The van der Waals surface area contributed by atoms with E-state index >= 15 is 0 Å². The quantitative estimate of drug-likeness (QED) is 0.276. The van der Waals surface area contributed by atoms with Gasteiger partial charge in [-0.05, 0) is 49.9 Å². The standard InChI is InChI=1S/C23H34N4O6/c1-4-13(2)19(22(31)25-14(3)23(32)33)27-21(30)18(12-15-7-9-16(28)10-8-15)26-20(29)17-6-5-11-24-17/h7-10,13-14,17-19,24,28H,4-6,11-12H2,1-3H3,(H,25,31)(H,26,29)(H,27,30)(H,32,33). The van der Waals surface area contributed by atoms with Gasteiger partial charge in [0.25, 0.3) is 0 Å². The summed E-state index contributed by atoms with van der Waals surface area (Å²) < 4.78 is 0. The van der Waals surface area contributed by atoms with Crippen molar-refractivity contribution >= 4 is 23.7 Å². The van der Waals surface area contributed by atoms with E-state index in [9.17, 15) is 24.3 Å². The molecule has 1 heterocycles. The van der Waals surface area contributed by atoms with Crippen LogP contribution in [0.25, 0.3) is 0 Å². The molecule has 1 aliphatic heterocycles. The number of carbonyl (C=O) groups is 4. The van der Waals surface area contributed by atoms with Gasteiger partial charge in [0.15, 0.2) is 0 Å². The number of rotatable bonds is 11. The minimum Gasteiger partial charge on any atom is -0.508 e. The van der Waals surface area contributed by atoms with Crippen LogP contribution >= 0.6 is 0 Å². The highest BCUT2D eigenvalue weighted by Crippen LogP contribution is 2.14. The number of phenols is 1. The Morgan fingerprint density at radius 2 is 1.73 bits per heavy atom. The molecule has 33 heavy (non-hydrogen) atoms. The van der Waals surface area contributed by atoms with Gasteiger partial charge in [-0.25, -0.2) is 0 Å². The Morgan fingerprint density at radius 3 is 2.27 bits per heavy atom. The summed E-state index contributed by atoms with van der Waals surface area (Å²) in [6.07, 6.45) is 2.26. The van der Waals surface area contributed by atoms with Crippen LogP contribution in [0.4, 0.5) is 0 Å². The predicted molar refractivity (Wildman–Crippen MR) is 121 cm³/mol. The molecule has 0 spiro atoms. The van der Waals surface area contributed by atoms with Crippen molar-refractivity contribution in [2.45, 2.75) is 70.6 Å². The molecule has 1 saturated heterocycles. The highest BCUT2D eigenvalue weighted by Gasteiger charge is 2.32. The molecule has 2 rings (SSSR count). The summed E-state index contributed by atoms with van der Waals surface area (Å²) in [5.41, 5.74) is 0.719. The Bertz CT molecular complexity index is 838. The average Bonchev–Trinajstić information content (AvgIpc) is 3.32. The summed E-state index contributed by atoms with van der Waals surface area (Å²) in [6.45, 7) is 5.72. The van der Waals surface area contributed by atoms with Crippen LogP contribution in [0, 0.1) is 5.92 Å². The predicted octanol–water partition coefficient (Wildman–Crippen LogP) is 0.292. The van der Waals surface area contributed by atoms with Gasteiger partial charge < -0.3 is 31.5 Å². The highest BCUT2D eigenvalue weighted by molar-refractivity contribution is 5.94. The molecule has 0 radical (unpaired) electrons. The molecule has 0 bridgehead atoms. The fourth-order valence-electron chi connectivity index (χ4n) is 3.58. The molecule has 1 aliphatic rings. The first-order valence-corrected chi connectivity index (χ1v) is 11.3. The number of amides is 3. The molecule has 1 aromatic rings. The van der Waals surface area contributed by atoms with E-state index in [0.29, 0.717) is 12.8 Å². The van der Waals surface area contributed by atoms with Gasteiger partial charge >= 0.3 is 5.97 Å². The minimum atomic E-state index is -1.18. The average molecular weight is 463 g/mol. The zero-order chi connectivity index (χ0) is 24.5. The number of carboxylic acid groups (broad SMARTS) is 1. The molecule has 5 atom stereocenters. The number of benzene rings is 1. The molecule has 10 nitrogen and oxygen atoms in total. The van der Waals surface area contributed by atoms with Crippen molar-refractivity contribution in [3.05, 3.63) is 29.8 Å². The summed E-state index contributed by atoms with van der Waals surface area (Å²) in [7, 11) is 0. The van der Waals surface area contributed by atoms with Crippen molar-refractivity contribution < 1.29 is 29.4 Å². The van der Waals surface area contributed by atoms with Crippen molar-refractivity contribution in [2.75, 3.05) is 6.54 Å². The van der Waals surface area contributed by atoms with Crippen molar-refractivity contribution in [1.29, 1.82) is 0 Å². The van der Waals surface area contributed by atoms with Crippen molar-refractivity contribution in [1.82, 2.24) is 21.3 Å². The van der Waals surface area contributed by atoms with Crippen LogP contribution in [0.5, 0.6) is 5.75 Å². The van der Waals surface area contributed by atoms with E-state index in [1.54, 1.807) is 19.1 Å². The van der Waals surface area contributed by atoms with E-state index in [1.807, 2.05) is 6.92 Å². The molecule has 182 valence electrons. The van der Waals surface area contributed by atoms with Crippen LogP contribution in [-0.4, -0.2) is 64.6 Å². The third-order valence-corrected chi connectivity index (χ3v) is 5.91. The summed E-state index contributed by atoms with van der Waals surface area (Å²) in [4.78, 5) is 49.8. The molecule has 6 N–H and O–H groups in total. The molecule has 0 aromatic heterocycles. The lowest BCUT2D eigenvalue weighted by Gasteiger charge is -2.27. The summed E-state index contributed by atoms with van der Waals surface area (Å²) in [6, 6.07) is 2.88. The number of nitrogens with one attached hydrogen (secondary N) is 4. The van der Waals surface area contributed by atoms with Crippen molar-refractivity contribution in [2.24, 2.45) is 5.92 Å². The van der Waals surface area contributed by atoms with Gasteiger partial charge in [0.1, 0.15) is 23.9 Å². The fraction of sp³-hybridized carbons (Fsp3) is 0.565. The van der Waals surface area contributed by atoms with E-state index in [2.05, 4.69) is 21.3 Å². The van der Waals surface area contributed by atoms with Crippen molar-refractivity contribution in [3.8, 4) is 5.75 Å². The maximum Gasteiger partial charge on any atom is 0.325 e. The Morgan fingerprint density at radius 1 is 1.06 bits per heavy atom. The topological polar surface area (TPSA) is 157 Å². The zero-order valence-electron chi connectivity index (χ0n) is 19.3. The Labute approximate surface area is 193 Å². The Balaban J connectivity index is 2.19. The zero-order valence-corrected chi connectivity index (χ0v) is 19.3. The number of aromatic hydroxyl groups is 1. The summed E-state index contributed by atoms with van der Waals surface area (Å²) in [5, 5.41) is 29.6. The maximum absolute atomic E-state index is 13.2. The second-order valence-corrected chi connectivity index (χ2v) is 8.52. The number of carbonyl (C=O) groups excluding carboxylic acids is 3. The number of hydrogen-bond acceptors (Lipinski definition) is 6. The lowest BCUT2D eigenvalue weighted by molar-refractivity contribution is -0.142. The first kappa shape index (κ1) is 26.1. The number of aliphatic carboxylic acids is 1. The van der Waals surface area contributed by atoms with Crippen LogP contribution in [0.15, 0.2) is 24.3 Å². The fourth-order valence-corrected chi connectivity index (χ4v) is 3.58. The largest absolute Gasteiger partial charge is 0.508 e. The van der Waals surface area contributed by atoms with E-state index in [1.165, 1.54) is 19.1 Å². The van der Waals surface area contributed by atoms with Crippen molar-refractivity contribution in [3.63, 3.8) is 0 Å². The van der Waals surface area contributed by atoms with Gasteiger partial charge in [0.2, 0.25) is 17.7 Å². The van der Waals surface area contributed by atoms with Crippen LogP contribution < -0.4 is 21.3 Å². The number of hydrogen-bond donors (Lipinski definition) is 6. The summed E-state index contributed by atoms with van der Waals surface area (Å²) >= 11 is 0. The second kappa shape index (κ2) is 12.2. The summed E-state index contributed by atoms with van der Waals surface area (Å²) in [5.74, 6) is -2.80. The van der Waals surface area contributed by atoms with E-state index in [4.69, 9.17) is 5.11 Å². The molecule has 0 saturated carbocycles. The molecule has 5 unspecified atom stereocenters. The molecule has 1 fully saturated rings. The Kier molecular flexibility index (Phi) is 9.65. The lowest BCUT2D eigenvalue weighted by atomic mass is 9.96. The number of phenolic OH excluding ortho intramolecular Hbond substituents is 1. The third-order valence-electron chi connectivity index (χ3n) is 5.91.